The second kappa shape index (κ2) is 4.80. The fourth-order valence-corrected chi connectivity index (χ4v) is 3.46. The normalized spacial score (nSPS) is 17.7. The minimum Gasteiger partial charge on any atom is -0.398 e. The molecule has 0 bridgehead atoms. The van der Waals surface area contributed by atoms with Gasteiger partial charge in [-0.05, 0) is 31.0 Å². The molecular weight excluding hydrogens is 320 g/mol. The minimum atomic E-state index is -3.63. The Morgan fingerprint density at radius 1 is 1.44 bits per heavy atom. The standard InChI is InChI=1S/C11H15BrN2O3S/c12-8-1-2-9(13)10(5-8)18(16,17)14-6-11(7-15)3-4-11/h1-2,5,14-15H,3-4,6-7,13H2. The molecule has 1 aromatic rings. The van der Waals surface area contributed by atoms with Crippen molar-refractivity contribution in [1.82, 2.24) is 4.72 Å². The van der Waals surface area contributed by atoms with E-state index in [0.29, 0.717) is 4.47 Å². The third-order valence-corrected chi connectivity index (χ3v) is 5.15. The molecule has 18 heavy (non-hydrogen) atoms. The van der Waals surface area contributed by atoms with Crippen LogP contribution in [-0.2, 0) is 10.0 Å². The highest BCUT2D eigenvalue weighted by Crippen LogP contribution is 2.44. The maximum Gasteiger partial charge on any atom is 0.242 e. The van der Waals surface area contributed by atoms with Crippen molar-refractivity contribution in [2.75, 3.05) is 18.9 Å². The number of anilines is 1. The summed E-state index contributed by atoms with van der Waals surface area (Å²) in [6.45, 7) is 0.251. The van der Waals surface area contributed by atoms with Crippen LogP contribution in [0, 0.1) is 5.41 Å². The number of aliphatic hydroxyl groups is 1. The van der Waals surface area contributed by atoms with E-state index in [4.69, 9.17) is 10.8 Å². The molecule has 0 aliphatic heterocycles. The quantitative estimate of drug-likeness (QED) is 0.702. The van der Waals surface area contributed by atoms with Gasteiger partial charge in [0.15, 0.2) is 0 Å². The number of rotatable bonds is 5. The van der Waals surface area contributed by atoms with Gasteiger partial charge in [0, 0.05) is 23.0 Å². The lowest BCUT2D eigenvalue weighted by atomic mass is 10.1. The van der Waals surface area contributed by atoms with E-state index in [9.17, 15) is 8.42 Å². The number of hydrogen-bond acceptors (Lipinski definition) is 4. The Labute approximate surface area is 115 Å². The number of nitrogens with two attached hydrogens (primary N) is 1. The highest BCUT2D eigenvalue weighted by molar-refractivity contribution is 9.10. The molecule has 0 unspecified atom stereocenters. The predicted octanol–water partition coefficient (Wildman–Crippen LogP) is 1.08. The molecule has 1 saturated carbocycles. The Hall–Kier alpha value is -0.630. The summed E-state index contributed by atoms with van der Waals surface area (Å²) >= 11 is 3.22. The molecule has 0 radical (unpaired) electrons. The van der Waals surface area contributed by atoms with Crippen LogP contribution in [0.3, 0.4) is 0 Å². The molecule has 0 heterocycles. The molecule has 7 heteroatoms. The van der Waals surface area contributed by atoms with Gasteiger partial charge in [0.2, 0.25) is 10.0 Å². The second-order valence-electron chi connectivity index (χ2n) is 4.66. The molecule has 100 valence electrons. The lowest BCUT2D eigenvalue weighted by Gasteiger charge is -2.14. The van der Waals surface area contributed by atoms with Gasteiger partial charge in [-0.3, -0.25) is 0 Å². The lowest BCUT2D eigenvalue weighted by Crippen LogP contribution is -2.32. The molecule has 0 amide bonds. The van der Waals surface area contributed by atoms with Gasteiger partial charge >= 0.3 is 0 Å². The summed E-state index contributed by atoms with van der Waals surface area (Å²) in [5.41, 5.74) is 5.61. The molecule has 1 fully saturated rings. The summed E-state index contributed by atoms with van der Waals surface area (Å²) in [6, 6.07) is 4.69. The monoisotopic (exact) mass is 334 g/mol. The van der Waals surface area contributed by atoms with Crippen LogP contribution in [0.1, 0.15) is 12.8 Å². The van der Waals surface area contributed by atoms with Crippen molar-refractivity contribution in [3.05, 3.63) is 22.7 Å². The minimum absolute atomic E-state index is 0.00346. The van der Waals surface area contributed by atoms with Crippen LogP contribution in [-0.4, -0.2) is 26.7 Å². The van der Waals surface area contributed by atoms with E-state index in [-0.39, 0.29) is 29.1 Å². The average molecular weight is 335 g/mol. The fraction of sp³-hybridized carbons (Fsp3) is 0.455. The highest BCUT2D eigenvalue weighted by atomic mass is 79.9. The third-order valence-electron chi connectivity index (χ3n) is 3.19. The first kappa shape index (κ1) is 13.8. The van der Waals surface area contributed by atoms with Crippen molar-refractivity contribution in [2.45, 2.75) is 17.7 Å². The number of halogens is 1. The van der Waals surface area contributed by atoms with Crippen LogP contribution >= 0.6 is 15.9 Å². The van der Waals surface area contributed by atoms with E-state index >= 15 is 0 Å². The topological polar surface area (TPSA) is 92.4 Å². The zero-order valence-corrected chi connectivity index (χ0v) is 12.1. The summed E-state index contributed by atoms with van der Waals surface area (Å²) in [4.78, 5) is 0.0608. The number of nitrogen functional groups attached to an aromatic ring is 1. The van der Waals surface area contributed by atoms with Crippen LogP contribution in [0.25, 0.3) is 0 Å². The Kier molecular flexibility index (Phi) is 3.68. The number of hydrogen-bond donors (Lipinski definition) is 3. The van der Waals surface area contributed by atoms with Crippen LogP contribution in [0.4, 0.5) is 5.69 Å². The zero-order valence-electron chi connectivity index (χ0n) is 9.69. The van der Waals surface area contributed by atoms with E-state index in [0.717, 1.165) is 12.8 Å². The number of nitrogens with one attached hydrogen (secondary N) is 1. The van der Waals surface area contributed by atoms with Gasteiger partial charge in [-0.15, -0.1) is 0 Å². The van der Waals surface area contributed by atoms with Crippen molar-refractivity contribution >= 4 is 31.6 Å². The predicted molar refractivity (Wildman–Crippen MR) is 72.5 cm³/mol. The van der Waals surface area contributed by atoms with Gasteiger partial charge in [-0.2, -0.15) is 0 Å². The molecule has 0 saturated heterocycles. The SMILES string of the molecule is Nc1ccc(Br)cc1S(=O)(=O)NCC1(CO)CC1. The largest absolute Gasteiger partial charge is 0.398 e. The molecule has 0 spiro atoms. The number of aliphatic hydroxyl groups excluding tert-OH is 1. The summed E-state index contributed by atoms with van der Waals surface area (Å²) < 4.78 is 27.4. The van der Waals surface area contributed by atoms with Crippen molar-refractivity contribution in [1.29, 1.82) is 0 Å². The first-order chi connectivity index (χ1) is 8.38. The van der Waals surface area contributed by atoms with Crippen LogP contribution in [0.15, 0.2) is 27.6 Å². The third kappa shape index (κ3) is 2.85. The molecule has 4 N–H and O–H groups in total. The van der Waals surface area contributed by atoms with E-state index in [2.05, 4.69) is 20.7 Å². The summed E-state index contributed by atoms with van der Waals surface area (Å²) in [7, 11) is -3.63. The van der Waals surface area contributed by atoms with Gasteiger partial charge < -0.3 is 10.8 Å². The van der Waals surface area contributed by atoms with Crippen molar-refractivity contribution in [3.8, 4) is 0 Å². The molecule has 1 aromatic carbocycles. The molecular formula is C11H15BrN2O3S. The molecule has 0 atom stereocenters. The maximum absolute atomic E-state index is 12.1. The second-order valence-corrected chi connectivity index (χ2v) is 7.32. The van der Waals surface area contributed by atoms with E-state index in [1.54, 1.807) is 6.07 Å². The van der Waals surface area contributed by atoms with E-state index in [1.807, 2.05) is 0 Å². The fourth-order valence-electron chi connectivity index (χ4n) is 1.63. The highest BCUT2D eigenvalue weighted by Gasteiger charge is 2.42. The Balaban J connectivity index is 2.18. The van der Waals surface area contributed by atoms with Gasteiger partial charge in [0.25, 0.3) is 0 Å². The van der Waals surface area contributed by atoms with E-state index < -0.39 is 10.0 Å². The van der Waals surface area contributed by atoms with Gasteiger partial charge in [0.1, 0.15) is 4.90 Å². The van der Waals surface area contributed by atoms with Crippen LogP contribution in [0.2, 0.25) is 0 Å². The molecule has 1 aliphatic rings. The van der Waals surface area contributed by atoms with Crippen LogP contribution < -0.4 is 10.5 Å². The molecule has 2 rings (SSSR count). The molecule has 1 aliphatic carbocycles. The van der Waals surface area contributed by atoms with Crippen molar-refractivity contribution < 1.29 is 13.5 Å². The summed E-state index contributed by atoms with van der Waals surface area (Å²) in [6.07, 6.45) is 1.69. The zero-order chi connectivity index (χ0) is 13.4. The number of benzene rings is 1. The van der Waals surface area contributed by atoms with Gasteiger partial charge in [-0.1, -0.05) is 15.9 Å². The van der Waals surface area contributed by atoms with Gasteiger partial charge in [0.05, 0.1) is 5.69 Å². The Bertz CT molecular complexity index is 555. The molecule has 0 aromatic heterocycles. The van der Waals surface area contributed by atoms with Gasteiger partial charge in [-0.25, -0.2) is 13.1 Å². The smallest absolute Gasteiger partial charge is 0.242 e. The van der Waals surface area contributed by atoms with E-state index in [1.165, 1.54) is 12.1 Å². The summed E-state index contributed by atoms with van der Waals surface area (Å²) in [5, 5.41) is 9.16. The summed E-state index contributed by atoms with van der Waals surface area (Å²) in [5.74, 6) is 0. The lowest BCUT2D eigenvalue weighted by molar-refractivity contribution is 0.213. The average Bonchev–Trinajstić information content (AvgIpc) is 3.11. The first-order valence-electron chi connectivity index (χ1n) is 5.54. The van der Waals surface area contributed by atoms with Crippen LogP contribution in [0.5, 0.6) is 0 Å². The maximum atomic E-state index is 12.1. The first-order valence-corrected chi connectivity index (χ1v) is 7.82. The van der Waals surface area contributed by atoms with Crippen molar-refractivity contribution in [3.63, 3.8) is 0 Å². The van der Waals surface area contributed by atoms with Crippen molar-refractivity contribution in [2.24, 2.45) is 5.41 Å². The Morgan fingerprint density at radius 3 is 2.67 bits per heavy atom. The number of sulfonamides is 1. The Morgan fingerprint density at radius 2 is 2.11 bits per heavy atom. The molecule has 5 nitrogen and oxygen atoms in total.